The second-order valence-corrected chi connectivity index (χ2v) is 6.62. The Kier molecular flexibility index (Phi) is 5.99. The molecule has 1 atom stereocenters. The zero-order chi connectivity index (χ0) is 18.4. The fourth-order valence-electron chi connectivity index (χ4n) is 3.52. The average molecular weight is 356 g/mol. The Morgan fingerprint density at radius 1 is 1.15 bits per heavy atom. The molecule has 1 N–H and O–H groups in total. The predicted molar refractivity (Wildman–Crippen MR) is 95.9 cm³/mol. The number of likely N-dealkylation sites (tertiary alicyclic amines) is 1. The highest BCUT2D eigenvalue weighted by Gasteiger charge is 2.27. The van der Waals surface area contributed by atoms with Gasteiger partial charge >= 0.3 is 5.97 Å². The van der Waals surface area contributed by atoms with Crippen molar-refractivity contribution in [1.82, 2.24) is 19.7 Å². The minimum atomic E-state index is -0.807. The Balaban J connectivity index is 1.61. The molecule has 7 heteroatoms. The van der Waals surface area contributed by atoms with E-state index in [0.717, 1.165) is 30.8 Å². The molecule has 1 saturated heterocycles. The lowest BCUT2D eigenvalue weighted by Crippen LogP contribution is -2.44. The van der Waals surface area contributed by atoms with Crippen LogP contribution in [0.2, 0.25) is 0 Å². The number of para-hydroxylation sites is 1. The van der Waals surface area contributed by atoms with Crippen molar-refractivity contribution in [2.75, 3.05) is 6.54 Å². The van der Waals surface area contributed by atoms with E-state index in [1.807, 2.05) is 39.8 Å². The number of carboxylic acid groups (broad SMARTS) is 1. The molecule has 0 aliphatic carbocycles. The molecule has 3 rings (SSSR count). The van der Waals surface area contributed by atoms with E-state index in [-0.39, 0.29) is 18.4 Å². The summed E-state index contributed by atoms with van der Waals surface area (Å²) in [5.74, 6) is 0.0188. The van der Waals surface area contributed by atoms with E-state index in [1.54, 1.807) is 6.33 Å². The Morgan fingerprint density at radius 2 is 1.96 bits per heavy atom. The van der Waals surface area contributed by atoms with Gasteiger partial charge in [-0.3, -0.25) is 14.2 Å². The SMILES string of the molecule is O=C(O)CC[C@H]1CCCCN1C(=O)CCc1nncn1-c1ccccc1. The van der Waals surface area contributed by atoms with Crippen LogP contribution in [0.4, 0.5) is 0 Å². The first-order valence-electron chi connectivity index (χ1n) is 9.10. The summed E-state index contributed by atoms with van der Waals surface area (Å²) in [5, 5.41) is 17.0. The van der Waals surface area contributed by atoms with E-state index in [2.05, 4.69) is 10.2 Å². The second kappa shape index (κ2) is 8.60. The molecular weight excluding hydrogens is 332 g/mol. The highest BCUT2D eigenvalue weighted by molar-refractivity contribution is 5.77. The van der Waals surface area contributed by atoms with Crippen LogP contribution in [-0.4, -0.2) is 49.2 Å². The number of piperidine rings is 1. The number of carboxylic acids is 1. The first kappa shape index (κ1) is 18.1. The summed E-state index contributed by atoms with van der Waals surface area (Å²) < 4.78 is 1.89. The minimum absolute atomic E-state index is 0.0411. The molecule has 1 aliphatic heterocycles. The normalized spacial score (nSPS) is 17.2. The molecule has 2 heterocycles. The standard InChI is InChI=1S/C19H24N4O3/c24-18(22-13-5-4-8-16(22)9-12-19(25)26)11-10-17-21-20-14-23(17)15-6-2-1-3-7-15/h1-3,6-7,14,16H,4-5,8-13H2,(H,25,26)/t16-/m1/s1. The minimum Gasteiger partial charge on any atom is -0.481 e. The zero-order valence-corrected chi connectivity index (χ0v) is 14.8. The van der Waals surface area contributed by atoms with Crippen molar-refractivity contribution in [3.63, 3.8) is 0 Å². The van der Waals surface area contributed by atoms with Gasteiger partial charge in [-0.05, 0) is 37.8 Å². The second-order valence-electron chi connectivity index (χ2n) is 6.62. The highest BCUT2D eigenvalue weighted by Crippen LogP contribution is 2.22. The number of aryl methyl sites for hydroxylation is 1. The summed E-state index contributed by atoms with van der Waals surface area (Å²) in [6.07, 6.45) is 6.08. The molecule has 26 heavy (non-hydrogen) atoms. The summed E-state index contributed by atoms with van der Waals surface area (Å²) in [4.78, 5) is 25.4. The van der Waals surface area contributed by atoms with Crippen LogP contribution < -0.4 is 0 Å². The van der Waals surface area contributed by atoms with E-state index in [4.69, 9.17) is 5.11 Å². The molecular formula is C19H24N4O3. The average Bonchev–Trinajstić information content (AvgIpc) is 3.14. The van der Waals surface area contributed by atoms with Crippen molar-refractivity contribution in [3.05, 3.63) is 42.5 Å². The van der Waals surface area contributed by atoms with Gasteiger partial charge in [0.05, 0.1) is 0 Å². The molecule has 0 spiro atoms. The van der Waals surface area contributed by atoms with Gasteiger partial charge in [-0.1, -0.05) is 18.2 Å². The van der Waals surface area contributed by atoms with Crippen LogP contribution in [0, 0.1) is 0 Å². The molecule has 1 fully saturated rings. The quantitative estimate of drug-likeness (QED) is 0.823. The lowest BCUT2D eigenvalue weighted by atomic mass is 9.97. The van der Waals surface area contributed by atoms with Crippen molar-refractivity contribution in [2.24, 2.45) is 0 Å². The number of hydrogen-bond donors (Lipinski definition) is 1. The van der Waals surface area contributed by atoms with Gasteiger partial charge in [0.2, 0.25) is 5.91 Å². The van der Waals surface area contributed by atoms with Gasteiger partial charge in [0, 0.05) is 37.5 Å². The number of aromatic nitrogens is 3. The molecule has 0 unspecified atom stereocenters. The maximum atomic E-state index is 12.7. The molecule has 138 valence electrons. The molecule has 0 radical (unpaired) electrons. The van der Waals surface area contributed by atoms with Crippen LogP contribution >= 0.6 is 0 Å². The summed E-state index contributed by atoms with van der Waals surface area (Å²) in [6, 6.07) is 9.84. The largest absolute Gasteiger partial charge is 0.481 e. The lowest BCUT2D eigenvalue weighted by Gasteiger charge is -2.35. The van der Waals surface area contributed by atoms with Crippen LogP contribution in [0.25, 0.3) is 5.69 Å². The molecule has 1 aromatic heterocycles. The van der Waals surface area contributed by atoms with Crippen molar-refractivity contribution in [3.8, 4) is 5.69 Å². The molecule has 1 aromatic carbocycles. The zero-order valence-electron chi connectivity index (χ0n) is 14.8. The number of carbonyl (C=O) groups excluding carboxylic acids is 1. The van der Waals surface area contributed by atoms with Crippen LogP contribution in [0.3, 0.4) is 0 Å². The molecule has 7 nitrogen and oxygen atoms in total. The van der Waals surface area contributed by atoms with Crippen molar-refractivity contribution >= 4 is 11.9 Å². The number of benzene rings is 1. The third-order valence-electron chi connectivity index (χ3n) is 4.85. The van der Waals surface area contributed by atoms with E-state index in [0.29, 0.717) is 25.8 Å². The number of nitrogens with zero attached hydrogens (tertiary/aromatic N) is 4. The smallest absolute Gasteiger partial charge is 0.303 e. The monoisotopic (exact) mass is 356 g/mol. The van der Waals surface area contributed by atoms with Crippen molar-refractivity contribution < 1.29 is 14.7 Å². The topological polar surface area (TPSA) is 88.3 Å². The Morgan fingerprint density at radius 3 is 2.73 bits per heavy atom. The lowest BCUT2D eigenvalue weighted by molar-refractivity contribution is -0.140. The van der Waals surface area contributed by atoms with Gasteiger partial charge in [0.1, 0.15) is 12.2 Å². The van der Waals surface area contributed by atoms with Gasteiger partial charge in [-0.25, -0.2) is 0 Å². The number of carbonyl (C=O) groups is 2. The van der Waals surface area contributed by atoms with Gasteiger partial charge in [-0.15, -0.1) is 10.2 Å². The number of amides is 1. The molecule has 1 aliphatic rings. The van der Waals surface area contributed by atoms with E-state index in [9.17, 15) is 9.59 Å². The van der Waals surface area contributed by atoms with Gasteiger partial charge < -0.3 is 10.0 Å². The molecule has 0 saturated carbocycles. The van der Waals surface area contributed by atoms with Gasteiger partial charge in [0.15, 0.2) is 0 Å². The number of aliphatic carboxylic acids is 1. The first-order chi connectivity index (χ1) is 12.6. The van der Waals surface area contributed by atoms with Crippen LogP contribution in [0.5, 0.6) is 0 Å². The third-order valence-corrected chi connectivity index (χ3v) is 4.85. The Bertz CT molecular complexity index is 744. The maximum absolute atomic E-state index is 12.7. The number of rotatable bonds is 7. The molecule has 0 bridgehead atoms. The molecule has 1 amide bonds. The Hall–Kier alpha value is -2.70. The van der Waals surface area contributed by atoms with Crippen LogP contribution in [0.1, 0.15) is 44.3 Å². The number of hydrogen-bond acceptors (Lipinski definition) is 4. The fraction of sp³-hybridized carbons (Fsp3) is 0.474. The van der Waals surface area contributed by atoms with E-state index >= 15 is 0 Å². The summed E-state index contributed by atoms with van der Waals surface area (Å²) in [7, 11) is 0. The van der Waals surface area contributed by atoms with Gasteiger partial charge in [-0.2, -0.15) is 0 Å². The van der Waals surface area contributed by atoms with Crippen LogP contribution in [-0.2, 0) is 16.0 Å². The molecule has 2 aromatic rings. The maximum Gasteiger partial charge on any atom is 0.303 e. The Labute approximate surface area is 152 Å². The van der Waals surface area contributed by atoms with Crippen molar-refractivity contribution in [1.29, 1.82) is 0 Å². The summed E-state index contributed by atoms with van der Waals surface area (Å²) >= 11 is 0. The van der Waals surface area contributed by atoms with E-state index in [1.165, 1.54) is 0 Å². The third kappa shape index (κ3) is 4.47. The summed E-state index contributed by atoms with van der Waals surface area (Å²) in [5.41, 5.74) is 0.970. The predicted octanol–water partition coefficient (Wildman–Crippen LogP) is 2.45. The first-order valence-corrected chi connectivity index (χ1v) is 9.10. The summed E-state index contributed by atoms with van der Waals surface area (Å²) in [6.45, 7) is 0.717. The highest BCUT2D eigenvalue weighted by atomic mass is 16.4. The van der Waals surface area contributed by atoms with E-state index < -0.39 is 5.97 Å². The fourth-order valence-corrected chi connectivity index (χ4v) is 3.52. The van der Waals surface area contributed by atoms with Gasteiger partial charge in [0.25, 0.3) is 0 Å². The van der Waals surface area contributed by atoms with Crippen molar-refractivity contribution in [2.45, 2.75) is 51.0 Å². The van der Waals surface area contributed by atoms with Crippen LogP contribution in [0.15, 0.2) is 36.7 Å².